The lowest BCUT2D eigenvalue weighted by molar-refractivity contribution is 0.613. The summed E-state index contributed by atoms with van der Waals surface area (Å²) in [6.07, 6.45) is 5.24. The first-order chi connectivity index (χ1) is 6.75. The van der Waals surface area contributed by atoms with Gasteiger partial charge in [-0.05, 0) is 17.9 Å². The second kappa shape index (κ2) is 6.12. The van der Waals surface area contributed by atoms with Gasteiger partial charge in [-0.3, -0.25) is 0 Å². The number of aromatic nitrogens is 2. The molecule has 1 aromatic heterocycles. The molecule has 0 saturated carbocycles. The van der Waals surface area contributed by atoms with Gasteiger partial charge in [0.25, 0.3) is 0 Å². The van der Waals surface area contributed by atoms with Crippen molar-refractivity contribution >= 4 is 11.8 Å². The Labute approximate surface area is 91.1 Å². The number of aryl methyl sites for hydroxylation is 1. The average molecular weight is 212 g/mol. The van der Waals surface area contributed by atoms with Crippen molar-refractivity contribution in [3.05, 3.63) is 18.2 Å². The molecule has 1 heterocycles. The number of imidazole rings is 1. The van der Waals surface area contributed by atoms with Gasteiger partial charge in [0, 0.05) is 24.9 Å². The Morgan fingerprint density at radius 2 is 2.29 bits per heavy atom. The molecule has 0 N–H and O–H groups in total. The molecule has 80 valence electrons. The average Bonchev–Trinajstić information content (AvgIpc) is 2.60. The van der Waals surface area contributed by atoms with Crippen LogP contribution in [0.2, 0.25) is 0 Å². The highest BCUT2D eigenvalue weighted by Crippen LogP contribution is 2.12. The van der Waals surface area contributed by atoms with E-state index < -0.39 is 0 Å². The van der Waals surface area contributed by atoms with Crippen LogP contribution in [0.1, 0.15) is 38.9 Å². The minimum atomic E-state index is 0.531. The topological polar surface area (TPSA) is 17.8 Å². The molecule has 0 saturated heterocycles. The normalized spacial score (nSPS) is 11.1. The smallest absolute Gasteiger partial charge is 0.111 e. The van der Waals surface area contributed by atoms with Gasteiger partial charge in [-0.25, -0.2) is 4.98 Å². The fourth-order valence-electron chi connectivity index (χ4n) is 1.49. The van der Waals surface area contributed by atoms with Gasteiger partial charge in [0.05, 0.1) is 0 Å². The highest BCUT2D eigenvalue weighted by Gasteiger charge is 2.05. The van der Waals surface area contributed by atoms with Crippen LogP contribution >= 0.6 is 11.8 Å². The van der Waals surface area contributed by atoms with E-state index in [1.807, 2.05) is 18.0 Å². The predicted molar refractivity (Wildman–Crippen MR) is 63.9 cm³/mol. The lowest BCUT2D eigenvalue weighted by atomic mass is 10.2. The lowest BCUT2D eigenvalue weighted by Crippen LogP contribution is -2.05. The second-order valence-electron chi connectivity index (χ2n) is 3.68. The summed E-state index contributed by atoms with van der Waals surface area (Å²) in [4.78, 5) is 4.37. The Bertz CT molecular complexity index is 256. The van der Waals surface area contributed by atoms with E-state index in [0.29, 0.717) is 5.92 Å². The van der Waals surface area contributed by atoms with Crippen LogP contribution in [0.4, 0.5) is 0 Å². The van der Waals surface area contributed by atoms with Crippen LogP contribution in [0.25, 0.3) is 0 Å². The summed E-state index contributed by atoms with van der Waals surface area (Å²) in [5.41, 5.74) is 0. The van der Waals surface area contributed by atoms with Crippen molar-refractivity contribution in [2.75, 3.05) is 11.5 Å². The van der Waals surface area contributed by atoms with Crippen molar-refractivity contribution < 1.29 is 0 Å². The largest absolute Gasteiger partial charge is 0.335 e. The summed E-state index contributed by atoms with van der Waals surface area (Å²) >= 11 is 2.01. The maximum atomic E-state index is 4.37. The molecule has 0 aliphatic rings. The molecular weight excluding hydrogens is 192 g/mol. The first kappa shape index (κ1) is 11.6. The number of hydrogen-bond acceptors (Lipinski definition) is 2. The Kier molecular flexibility index (Phi) is 5.09. The van der Waals surface area contributed by atoms with Gasteiger partial charge in [0.2, 0.25) is 0 Å². The zero-order valence-electron chi connectivity index (χ0n) is 9.36. The third-order valence-electron chi connectivity index (χ3n) is 2.16. The van der Waals surface area contributed by atoms with Crippen molar-refractivity contribution in [2.45, 2.75) is 39.7 Å². The molecule has 0 aliphatic heterocycles. The second-order valence-corrected chi connectivity index (χ2v) is 5.08. The van der Waals surface area contributed by atoms with Crippen molar-refractivity contribution in [3.8, 4) is 0 Å². The van der Waals surface area contributed by atoms with Crippen LogP contribution in [-0.4, -0.2) is 21.1 Å². The Morgan fingerprint density at radius 1 is 1.50 bits per heavy atom. The van der Waals surface area contributed by atoms with Crippen molar-refractivity contribution in [1.82, 2.24) is 9.55 Å². The fourth-order valence-corrected chi connectivity index (χ4v) is 2.11. The van der Waals surface area contributed by atoms with Gasteiger partial charge >= 0.3 is 0 Å². The van der Waals surface area contributed by atoms with Crippen LogP contribution in [0.5, 0.6) is 0 Å². The van der Waals surface area contributed by atoms with Gasteiger partial charge < -0.3 is 4.57 Å². The van der Waals surface area contributed by atoms with Crippen LogP contribution in [-0.2, 0) is 6.54 Å². The molecule has 0 aliphatic carbocycles. The summed E-state index contributed by atoms with van der Waals surface area (Å²) in [5.74, 6) is 4.23. The molecule has 1 rings (SSSR count). The third-order valence-corrected chi connectivity index (χ3v) is 3.14. The van der Waals surface area contributed by atoms with Crippen molar-refractivity contribution in [2.24, 2.45) is 0 Å². The number of hydrogen-bond donors (Lipinski definition) is 0. The highest BCUT2D eigenvalue weighted by molar-refractivity contribution is 7.99. The van der Waals surface area contributed by atoms with E-state index in [4.69, 9.17) is 0 Å². The molecule has 1 aromatic rings. The molecule has 0 amide bonds. The van der Waals surface area contributed by atoms with Gasteiger partial charge in [-0.15, -0.1) is 0 Å². The molecule has 0 spiro atoms. The maximum Gasteiger partial charge on any atom is 0.111 e. The fraction of sp³-hybridized carbons (Fsp3) is 0.727. The predicted octanol–water partition coefficient (Wildman–Crippen LogP) is 3.15. The van der Waals surface area contributed by atoms with E-state index in [1.54, 1.807) is 0 Å². The first-order valence-electron chi connectivity index (χ1n) is 5.34. The van der Waals surface area contributed by atoms with Crippen LogP contribution in [0, 0.1) is 0 Å². The number of thioether (sulfide) groups is 1. The lowest BCUT2D eigenvalue weighted by Gasteiger charge is -2.09. The summed E-state index contributed by atoms with van der Waals surface area (Å²) < 4.78 is 2.28. The minimum absolute atomic E-state index is 0.531. The highest BCUT2D eigenvalue weighted by atomic mass is 32.2. The Hall–Kier alpha value is -0.440. The zero-order valence-corrected chi connectivity index (χ0v) is 10.2. The molecule has 0 atom stereocenters. The molecule has 14 heavy (non-hydrogen) atoms. The zero-order chi connectivity index (χ0) is 10.4. The number of rotatable bonds is 6. The van der Waals surface area contributed by atoms with Gasteiger partial charge in [-0.1, -0.05) is 20.8 Å². The summed E-state index contributed by atoms with van der Waals surface area (Å²) in [7, 11) is 0. The summed E-state index contributed by atoms with van der Waals surface area (Å²) in [6.45, 7) is 7.71. The van der Waals surface area contributed by atoms with E-state index >= 15 is 0 Å². The molecule has 0 radical (unpaired) electrons. The van der Waals surface area contributed by atoms with Gasteiger partial charge in [0.1, 0.15) is 5.82 Å². The SMILES string of the molecule is CCSCCCn1ccnc1C(C)C. The van der Waals surface area contributed by atoms with E-state index in [9.17, 15) is 0 Å². The summed E-state index contributed by atoms with van der Waals surface area (Å²) in [5, 5.41) is 0. The molecule has 0 unspecified atom stereocenters. The van der Waals surface area contributed by atoms with Crippen molar-refractivity contribution in [1.29, 1.82) is 0 Å². The molecule has 2 nitrogen and oxygen atoms in total. The monoisotopic (exact) mass is 212 g/mol. The number of nitrogens with zero attached hydrogens (tertiary/aromatic N) is 2. The van der Waals surface area contributed by atoms with E-state index in [1.165, 1.54) is 23.8 Å². The molecule has 0 aromatic carbocycles. The first-order valence-corrected chi connectivity index (χ1v) is 6.50. The summed E-state index contributed by atoms with van der Waals surface area (Å²) in [6, 6.07) is 0. The molecule has 0 bridgehead atoms. The quantitative estimate of drug-likeness (QED) is 0.674. The Morgan fingerprint density at radius 3 is 2.93 bits per heavy atom. The maximum absolute atomic E-state index is 4.37. The van der Waals surface area contributed by atoms with Crippen LogP contribution in [0.3, 0.4) is 0 Å². The van der Waals surface area contributed by atoms with E-state index in [2.05, 4.69) is 36.5 Å². The van der Waals surface area contributed by atoms with E-state index in [-0.39, 0.29) is 0 Å². The minimum Gasteiger partial charge on any atom is -0.335 e. The third kappa shape index (κ3) is 3.37. The van der Waals surface area contributed by atoms with Gasteiger partial charge in [-0.2, -0.15) is 11.8 Å². The molecule has 0 fully saturated rings. The van der Waals surface area contributed by atoms with Crippen LogP contribution < -0.4 is 0 Å². The Balaban J connectivity index is 2.38. The van der Waals surface area contributed by atoms with E-state index in [0.717, 1.165) is 6.54 Å². The molecular formula is C11H20N2S. The molecule has 3 heteroatoms. The van der Waals surface area contributed by atoms with Crippen LogP contribution in [0.15, 0.2) is 12.4 Å². The van der Waals surface area contributed by atoms with Gasteiger partial charge in [0.15, 0.2) is 0 Å². The van der Waals surface area contributed by atoms with Crippen molar-refractivity contribution in [3.63, 3.8) is 0 Å². The standard InChI is InChI=1S/C11H20N2S/c1-4-14-9-5-7-13-8-6-12-11(13)10(2)3/h6,8,10H,4-5,7,9H2,1-3H3.